The van der Waals surface area contributed by atoms with Crippen LogP contribution in [0.2, 0.25) is 0 Å². The van der Waals surface area contributed by atoms with Gasteiger partial charge >= 0.3 is 0 Å². The standard InChI is InChI=1S/C29H32F2N2O4S/c1-4-7-26(9-6-19-38(35,36)27-10-5-8-23(20-27)29(34)33(2)3)32-37-28(21-11-15-24(30)16-12-21)22-13-17-25(31)18-14-22/h5,8,10-18,20,28H,4,6-7,9,19H2,1-3H3/b32-26+. The average molecular weight is 543 g/mol. The first-order chi connectivity index (χ1) is 18.1. The summed E-state index contributed by atoms with van der Waals surface area (Å²) in [4.78, 5) is 19.6. The van der Waals surface area contributed by atoms with Gasteiger partial charge in [0.1, 0.15) is 11.6 Å². The Hall–Kier alpha value is -3.59. The summed E-state index contributed by atoms with van der Waals surface area (Å²) in [7, 11) is -0.400. The van der Waals surface area contributed by atoms with E-state index < -0.39 is 15.9 Å². The molecule has 202 valence electrons. The van der Waals surface area contributed by atoms with Crippen molar-refractivity contribution in [1.82, 2.24) is 4.90 Å². The largest absolute Gasteiger partial charge is 0.383 e. The van der Waals surface area contributed by atoms with Crippen LogP contribution in [0.5, 0.6) is 0 Å². The van der Waals surface area contributed by atoms with Gasteiger partial charge in [0.2, 0.25) is 0 Å². The highest BCUT2D eigenvalue weighted by Crippen LogP contribution is 2.27. The Morgan fingerprint density at radius 2 is 1.50 bits per heavy atom. The van der Waals surface area contributed by atoms with Crippen molar-refractivity contribution in [2.45, 2.75) is 43.6 Å². The molecule has 0 N–H and O–H groups in total. The highest BCUT2D eigenvalue weighted by atomic mass is 32.2. The maximum absolute atomic E-state index is 13.5. The topological polar surface area (TPSA) is 76.0 Å². The van der Waals surface area contributed by atoms with Crippen LogP contribution >= 0.6 is 0 Å². The molecule has 3 aromatic rings. The number of carbonyl (C=O) groups excluding carboxylic acids is 1. The molecule has 0 fully saturated rings. The number of benzene rings is 3. The predicted octanol–water partition coefficient (Wildman–Crippen LogP) is 6.18. The number of amides is 1. The van der Waals surface area contributed by atoms with Gasteiger partial charge < -0.3 is 9.74 Å². The zero-order valence-corrected chi connectivity index (χ0v) is 22.5. The van der Waals surface area contributed by atoms with Crippen LogP contribution in [0.4, 0.5) is 8.78 Å². The summed E-state index contributed by atoms with van der Waals surface area (Å²) in [5.41, 5.74) is 2.29. The van der Waals surface area contributed by atoms with Gasteiger partial charge in [0.25, 0.3) is 5.91 Å². The number of sulfone groups is 1. The minimum absolute atomic E-state index is 0.100. The number of rotatable bonds is 12. The molecular formula is C29H32F2N2O4S. The lowest BCUT2D eigenvalue weighted by Gasteiger charge is -2.17. The lowest BCUT2D eigenvalue weighted by Crippen LogP contribution is -2.22. The van der Waals surface area contributed by atoms with Crippen LogP contribution in [-0.4, -0.2) is 44.8 Å². The van der Waals surface area contributed by atoms with E-state index in [2.05, 4.69) is 5.16 Å². The molecule has 0 spiro atoms. The number of halogens is 2. The first-order valence-corrected chi connectivity index (χ1v) is 14.0. The van der Waals surface area contributed by atoms with Crippen LogP contribution in [-0.2, 0) is 14.7 Å². The van der Waals surface area contributed by atoms with Crippen LogP contribution in [0.25, 0.3) is 0 Å². The molecule has 0 radical (unpaired) electrons. The fourth-order valence-electron chi connectivity index (χ4n) is 3.89. The molecule has 0 aliphatic rings. The maximum atomic E-state index is 13.5. The fraction of sp³-hybridized carbons (Fsp3) is 0.310. The molecule has 0 aromatic heterocycles. The van der Waals surface area contributed by atoms with Crippen LogP contribution in [0.1, 0.15) is 60.2 Å². The summed E-state index contributed by atoms with van der Waals surface area (Å²) >= 11 is 0. The number of oxime groups is 1. The van der Waals surface area contributed by atoms with E-state index >= 15 is 0 Å². The van der Waals surface area contributed by atoms with Crippen molar-refractivity contribution in [1.29, 1.82) is 0 Å². The Labute approximate surface area is 222 Å². The van der Waals surface area contributed by atoms with Crippen LogP contribution < -0.4 is 0 Å². The van der Waals surface area contributed by atoms with E-state index in [9.17, 15) is 22.0 Å². The monoisotopic (exact) mass is 542 g/mol. The molecule has 0 bridgehead atoms. The molecular weight excluding hydrogens is 510 g/mol. The van der Waals surface area contributed by atoms with E-state index in [1.165, 1.54) is 41.3 Å². The summed E-state index contributed by atoms with van der Waals surface area (Å²) < 4.78 is 52.9. The number of nitrogens with zero attached hydrogens (tertiary/aromatic N) is 2. The molecule has 0 heterocycles. The van der Waals surface area contributed by atoms with Gasteiger partial charge in [-0.1, -0.05) is 48.8 Å². The summed E-state index contributed by atoms with van der Waals surface area (Å²) in [6.45, 7) is 1.98. The Kier molecular flexibility index (Phi) is 10.1. The molecule has 0 aliphatic carbocycles. The number of hydrogen-bond acceptors (Lipinski definition) is 5. The van der Waals surface area contributed by atoms with Crippen molar-refractivity contribution < 1.29 is 26.8 Å². The molecule has 3 rings (SSSR count). The van der Waals surface area contributed by atoms with Crippen molar-refractivity contribution in [2.24, 2.45) is 5.16 Å². The van der Waals surface area contributed by atoms with E-state index in [0.717, 1.165) is 6.42 Å². The molecule has 0 saturated carbocycles. The maximum Gasteiger partial charge on any atom is 0.253 e. The Morgan fingerprint density at radius 1 is 0.921 bits per heavy atom. The van der Waals surface area contributed by atoms with Crippen LogP contribution in [0.3, 0.4) is 0 Å². The van der Waals surface area contributed by atoms with Crippen LogP contribution in [0, 0.1) is 11.6 Å². The lowest BCUT2D eigenvalue weighted by molar-refractivity contribution is 0.0827. The normalized spacial score (nSPS) is 12.0. The molecule has 3 aromatic carbocycles. The Morgan fingerprint density at radius 3 is 2.03 bits per heavy atom. The highest BCUT2D eigenvalue weighted by molar-refractivity contribution is 7.91. The lowest BCUT2D eigenvalue weighted by atomic mass is 10.0. The van der Waals surface area contributed by atoms with E-state index in [0.29, 0.717) is 41.7 Å². The van der Waals surface area contributed by atoms with E-state index in [1.807, 2.05) is 6.92 Å². The highest BCUT2D eigenvalue weighted by Gasteiger charge is 2.19. The third-order valence-corrected chi connectivity index (χ3v) is 7.69. The summed E-state index contributed by atoms with van der Waals surface area (Å²) in [5.74, 6) is -1.16. The first kappa shape index (κ1) is 29.0. The fourth-order valence-corrected chi connectivity index (χ4v) is 5.24. The van der Waals surface area contributed by atoms with Gasteiger partial charge in [0, 0.05) is 19.7 Å². The van der Waals surface area contributed by atoms with Gasteiger partial charge in [-0.15, -0.1) is 0 Å². The minimum Gasteiger partial charge on any atom is -0.383 e. The third kappa shape index (κ3) is 7.95. The second-order valence-electron chi connectivity index (χ2n) is 9.15. The second kappa shape index (κ2) is 13.3. The molecule has 0 saturated heterocycles. The van der Waals surface area contributed by atoms with Crippen molar-refractivity contribution >= 4 is 21.5 Å². The predicted molar refractivity (Wildman–Crippen MR) is 144 cm³/mol. The van der Waals surface area contributed by atoms with Gasteiger partial charge in [0.05, 0.1) is 16.4 Å². The van der Waals surface area contributed by atoms with E-state index in [1.54, 1.807) is 50.5 Å². The molecule has 0 unspecified atom stereocenters. The molecule has 9 heteroatoms. The SMILES string of the molecule is CCC/C(CCCS(=O)(=O)c1cccc(C(=O)N(C)C)c1)=N\OC(c1ccc(F)cc1)c1ccc(F)cc1. The van der Waals surface area contributed by atoms with Crippen LogP contribution in [0.15, 0.2) is 82.8 Å². The van der Waals surface area contributed by atoms with Crippen molar-refractivity contribution in [3.8, 4) is 0 Å². The van der Waals surface area contributed by atoms with Gasteiger partial charge in [-0.05, 0) is 72.9 Å². The summed E-state index contributed by atoms with van der Waals surface area (Å²) in [6.07, 6.45) is 1.40. The number of carbonyl (C=O) groups is 1. The quantitative estimate of drug-likeness (QED) is 0.202. The van der Waals surface area contributed by atoms with Crippen molar-refractivity contribution in [2.75, 3.05) is 19.8 Å². The second-order valence-corrected chi connectivity index (χ2v) is 11.3. The smallest absolute Gasteiger partial charge is 0.253 e. The summed E-state index contributed by atoms with van der Waals surface area (Å²) in [5, 5.41) is 4.34. The molecule has 1 amide bonds. The van der Waals surface area contributed by atoms with E-state index in [-0.39, 0.29) is 28.2 Å². The van der Waals surface area contributed by atoms with Crippen molar-refractivity contribution in [3.63, 3.8) is 0 Å². The zero-order valence-electron chi connectivity index (χ0n) is 21.7. The number of hydrogen-bond donors (Lipinski definition) is 0. The van der Waals surface area contributed by atoms with Gasteiger partial charge in [-0.25, -0.2) is 17.2 Å². The van der Waals surface area contributed by atoms with Gasteiger partial charge in [-0.2, -0.15) is 0 Å². The Bertz CT molecular complexity index is 1310. The molecule has 0 aliphatic heterocycles. The van der Waals surface area contributed by atoms with Gasteiger partial charge in [0.15, 0.2) is 15.9 Å². The summed E-state index contributed by atoms with van der Waals surface area (Å²) in [6, 6.07) is 17.6. The van der Waals surface area contributed by atoms with Gasteiger partial charge in [-0.3, -0.25) is 4.79 Å². The average Bonchev–Trinajstić information content (AvgIpc) is 2.90. The zero-order chi connectivity index (χ0) is 27.7. The van der Waals surface area contributed by atoms with E-state index in [4.69, 9.17) is 4.84 Å². The molecule has 6 nitrogen and oxygen atoms in total. The minimum atomic E-state index is -3.62. The van der Waals surface area contributed by atoms with Crippen molar-refractivity contribution in [3.05, 3.63) is 101 Å². The first-order valence-electron chi connectivity index (χ1n) is 12.4. The molecule has 0 atom stereocenters. The molecule has 38 heavy (non-hydrogen) atoms. The Balaban J connectivity index is 1.74. The third-order valence-electron chi connectivity index (χ3n) is 5.90.